The van der Waals surface area contributed by atoms with Crippen LogP contribution in [-0.2, 0) is 0 Å². The van der Waals surface area contributed by atoms with E-state index in [-0.39, 0.29) is 6.10 Å². The Balaban J connectivity index is 3.60. The molecule has 0 aliphatic rings. The van der Waals surface area contributed by atoms with Gasteiger partial charge in [-0.1, -0.05) is 63.3 Å². The van der Waals surface area contributed by atoms with Crippen LogP contribution in [0.3, 0.4) is 0 Å². The molecule has 0 saturated heterocycles. The summed E-state index contributed by atoms with van der Waals surface area (Å²) in [7, 11) is 0. The molecule has 1 heteroatoms. The molecule has 1 atom stereocenters. The Bertz CT molecular complexity index is 228. The minimum absolute atomic E-state index is 0.168. The zero-order chi connectivity index (χ0) is 13.6. The van der Waals surface area contributed by atoms with Crippen LogP contribution in [0.2, 0.25) is 0 Å². The van der Waals surface area contributed by atoms with E-state index in [2.05, 4.69) is 32.1 Å². The quantitative estimate of drug-likeness (QED) is 0.385. The summed E-state index contributed by atoms with van der Waals surface area (Å²) in [4.78, 5) is 0. The Hall–Kier alpha value is -0.560. The normalized spacial score (nSPS) is 14.3. The SMILES string of the molecule is C/C=C(/C/C=C/CCCCCCC)CC(O)CC. The number of hydrogen-bond donors (Lipinski definition) is 1. The molecule has 0 bridgehead atoms. The minimum atomic E-state index is -0.168. The number of unbranched alkanes of at least 4 members (excludes halogenated alkanes) is 5. The average molecular weight is 252 g/mol. The molecular formula is C17H32O. The van der Waals surface area contributed by atoms with Crippen molar-refractivity contribution in [2.24, 2.45) is 0 Å². The maximum absolute atomic E-state index is 9.62. The van der Waals surface area contributed by atoms with Crippen LogP contribution in [0.5, 0.6) is 0 Å². The summed E-state index contributed by atoms with van der Waals surface area (Å²) in [6, 6.07) is 0. The molecule has 0 aromatic rings. The van der Waals surface area contributed by atoms with Crippen molar-refractivity contribution < 1.29 is 5.11 Å². The third-order valence-corrected chi connectivity index (χ3v) is 3.40. The summed E-state index contributed by atoms with van der Waals surface area (Å²) in [6.07, 6.45) is 17.2. The Morgan fingerprint density at radius 1 is 1.06 bits per heavy atom. The van der Waals surface area contributed by atoms with Crippen molar-refractivity contribution in [2.45, 2.75) is 84.7 Å². The second-order valence-electron chi connectivity index (χ2n) is 5.09. The molecule has 106 valence electrons. The van der Waals surface area contributed by atoms with Crippen molar-refractivity contribution in [3.05, 3.63) is 23.8 Å². The third kappa shape index (κ3) is 10.6. The molecule has 0 aromatic carbocycles. The van der Waals surface area contributed by atoms with E-state index < -0.39 is 0 Å². The van der Waals surface area contributed by atoms with Gasteiger partial charge in [-0.15, -0.1) is 0 Å². The molecule has 0 spiro atoms. The maximum Gasteiger partial charge on any atom is 0.0574 e. The van der Waals surface area contributed by atoms with Crippen molar-refractivity contribution in [3.8, 4) is 0 Å². The fraction of sp³-hybridized carbons (Fsp3) is 0.765. The summed E-state index contributed by atoms with van der Waals surface area (Å²) in [6.45, 7) is 6.35. The standard InChI is InChI=1S/C17H32O/c1-4-7-8-9-10-11-12-13-14-16(5-2)15-17(18)6-3/h5,12-13,17-18H,4,6-11,14-15H2,1-3H3/b13-12+,16-5-. The van der Waals surface area contributed by atoms with Gasteiger partial charge in [0.05, 0.1) is 6.10 Å². The van der Waals surface area contributed by atoms with Gasteiger partial charge in [-0.3, -0.25) is 0 Å². The molecule has 1 unspecified atom stereocenters. The summed E-state index contributed by atoms with van der Waals surface area (Å²) in [5.74, 6) is 0. The molecular weight excluding hydrogens is 220 g/mol. The minimum Gasteiger partial charge on any atom is -0.393 e. The number of allylic oxidation sites excluding steroid dienone is 3. The monoisotopic (exact) mass is 252 g/mol. The van der Waals surface area contributed by atoms with Crippen LogP contribution in [0.15, 0.2) is 23.8 Å². The molecule has 0 heterocycles. The van der Waals surface area contributed by atoms with Crippen molar-refractivity contribution >= 4 is 0 Å². The van der Waals surface area contributed by atoms with E-state index in [1.54, 1.807) is 0 Å². The van der Waals surface area contributed by atoms with Gasteiger partial charge in [0.1, 0.15) is 0 Å². The topological polar surface area (TPSA) is 20.2 Å². The predicted molar refractivity (Wildman–Crippen MR) is 81.8 cm³/mol. The van der Waals surface area contributed by atoms with E-state index in [1.807, 2.05) is 6.92 Å². The second kappa shape index (κ2) is 12.9. The molecule has 0 rings (SSSR count). The molecule has 0 amide bonds. The van der Waals surface area contributed by atoms with Gasteiger partial charge in [0.25, 0.3) is 0 Å². The van der Waals surface area contributed by atoms with Gasteiger partial charge in [-0.2, -0.15) is 0 Å². The lowest BCUT2D eigenvalue weighted by molar-refractivity contribution is 0.170. The second-order valence-corrected chi connectivity index (χ2v) is 5.09. The molecule has 0 aliphatic carbocycles. The summed E-state index contributed by atoms with van der Waals surface area (Å²) in [5.41, 5.74) is 1.35. The van der Waals surface area contributed by atoms with Crippen LogP contribution in [0, 0.1) is 0 Å². The largest absolute Gasteiger partial charge is 0.393 e. The Morgan fingerprint density at radius 3 is 2.39 bits per heavy atom. The first-order valence-electron chi connectivity index (χ1n) is 7.71. The summed E-state index contributed by atoms with van der Waals surface area (Å²) < 4.78 is 0. The first kappa shape index (κ1) is 17.4. The first-order valence-corrected chi connectivity index (χ1v) is 7.71. The van der Waals surface area contributed by atoms with Crippen LogP contribution in [0.4, 0.5) is 0 Å². The lowest BCUT2D eigenvalue weighted by Gasteiger charge is -2.09. The van der Waals surface area contributed by atoms with E-state index in [0.717, 1.165) is 19.3 Å². The van der Waals surface area contributed by atoms with Gasteiger partial charge in [0.15, 0.2) is 0 Å². The van der Waals surface area contributed by atoms with Crippen LogP contribution in [0.25, 0.3) is 0 Å². The Kier molecular flexibility index (Phi) is 12.5. The number of hydrogen-bond acceptors (Lipinski definition) is 1. The Morgan fingerprint density at radius 2 is 1.78 bits per heavy atom. The van der Waals surface area contributed by atoms with Crippen molar-refractivity contribution in [1.82, 2.24) is 0 Å². The van der Waals surface area contributed by atoms with Gasteiger partial charge in [0, 0.05) is 0 Å². The zero-order valence-corrected chi connectivity index (χ0v) is 12.6. The van der Waals surface area contributed by atoms with E-state index in [4.69, 9.17) is 0 Å². The van der Waals surface area contributed by atoms with Crippen molar-refractivity contribution in [1.29, 1.82) is 0 Å². The highest BCUT2D eigenvalue weighted by molar-refractivity contribution is 5.07. The molecule has 0 radical (unpaired) electrons. The van der Waals surface area contributed by atoms with Gasteiger partial charge >= 0.3 is 0 Å². The van der Waals surface area contributed by atoms with Crippen LogP contribution in [-0.4, -0.2) is 11.2 Å². The van der Waals surface area contributed by atoms with Gasteiger partial charge < -0.3 is 5.11 Å². The number of aliphatic hydroxyl groups is 1. The van der Waals surface area contributed by atoms with Crippen LogP contribution < -0.4 is 0 Å². The molecule has 18 heavy (non-hydrogen) atoms. The van der Waals surface area contributed by atoms with Gasteiger partial charge in [0.2, 0.25) is 0 Å². The molecule has 1 N–H and O–H groups in total. The Labute approximate surface area is 114 Å². The summed E-state index contributed by atoms with van der Waals surface area (Å²) in [5, 5.41) is 9.62. The van der Waals surface area contributed by atoms with Gasteiger partial charge in [-0.05, 0) is 39.0 Å². The van der Waals surface area contributed by atoms with E-state index in [1.165, 1.54) is 44.1 Å². The average Bonchev–Trinajstić information content (AvgIpc) is 2.40. The molecule has 1 nitrogen and oxygen atoms in total. The lowest BCUT2D eigenvalue weighted by atomic mass is 10.0. The molecule has 0 saturated carbocycles. The van der Waals surface area contributed by atoms with E-state index in [9.17, 15) is 5.11 Å². The fourth-order valence-corrected chi connectivity index (χ4v) is 1.98. The summed E-state index contributed by atoms with van der Waals surface area (Å²) >= 11 is 0. The number of rotatable bonds is 11. The van der Waals surface area contributed by atoms with Gasteiger partial charge in [-0.25, -0.2) is 0 Å². The predicted octanol–water partition coefficient (Wildman–Crippen LogP) is 5.40. The molecule has 0 aliphatic heterocycles. The van der Waals surface area contributed by atoms with Crippen molar-refractivity contribution in [2.75, 3.05) is 0 Å². The van der Waals surface area contributed by atoms with Crippen LogP contribution >= 0.6 is 0 Å². The highest BCUT2D eigenvalue weighted by atomic mass is 16.3. The fourth-order valence-electron chi connectivity index (χ4n) is 1.98. The molecule has 0 aromatic heterocycles. The van der Waals surface area contributed by atoms with Crippen molar-refractivity contribution in [3.63, 3.8) is 0 Å². The smallest absolute Gasteiger partial charge is 0.0574 e. The highest BCUT2D eigenvalue weighted by Gasteiger charge is 2.02. The third-order valence-electron chi connectivity index (χ3n) is 3.40. The maximum atomic E-state index is 9.62. The lowest BCUT2D eigenvalue weighted by Crippen LogP contribution is -2.05. The number of aliphatic hydroxyl groups excluding tert-OH is 1. The molecule has 0 fully saturated rings. The highest BCUT2D eigenvalue weighted by Crippen LogP contribution is 2.13. The van der Waals surface area contributed by atoms with E-state index in [0.29, 0.717) is 0 Å². The zero-order valence-electron chi connectivity index (χ0n) is 12.6. The first-order chi connectivity index (χ1) is 8.74. The van der Waals surface area contributed by atoms with Crippen LogP contribution in [0.1, 0.15) is 78.6 Å². The van der Waals surface area contributed by atoms with E-state index >= 15 is 0 Å².